The van der Waals surface area contributed by atoms with Gasteiger partial charge in [-0.05, 0) is 13.8 Å². The van der Waals surface area contributed by atoms with E-state index >= 15 is 0 Å². The Bertz CT molecular complexity index is 191. The Balaban J connectivity index is 4.13. The minimum absolute atomic E-state index is 0.0560. The lowest BCUT2D eigenvalue weighted by molar-refractivity contribution is 0.171. The van der Waals surface area contributed by atoms with E-state index in [0.717, 1.165) is 0 Å². The molecule has 0 unspecified atom stereocenters. The SMILES string of the molecule is CC(C)O/C([S-])=C/[S+](C)(C)=O. The van der Waals surface area contributed by atoms with Gasteiger partial charge in [0.15, 0.2) is 0 Å². The molecule has 0 aromatic carbocycles. The zero-order valence-electron chi connectivity index (χ0n) is 7.29. The van der Waals surface area contributed by atoms with Crippen molar-refractivity contribution >= 4 is 22.6 Å². The highest BCUT2D eigenvalue weighted by atomic mass is 32.2. The van der Waals surface area contributed by atoms with Crippen molar-refractivity contribution in [3.05, 3.63) is 10.5 Å². The summed E-state index contributed by atoms with van der Waals surface area (Å²) < 4.78 is 16.3. The molecule has 0 aromatic heterocycles. The molecule has 0 heterocycles. The molecule has 0 aliphatic rings. The fourth-order valence-electron chi connectivity index (χ4n) is 0.492. The Morgan fingerprint density at radius 1 is 1.55 bits per heavy atom. The lowest BCUT2D eigenvalue weighted by Gasteiger charge is -2.16. The average molecular weight is 194 g/mol. The van der Waals surface area contributed by atoms with Crippen LogP contribution in [0.15, 0.2) is 10.5 Å². The van der Waals surface area contributed by atoms with Crippen molar-refractivity contribution in [1.29, 1.82) is 0 Å². The molecule has 0 spiro atoms. The summed E-state index contributed by atoms with van der Waals surface area (Å²) in [7, 11) is -1.91. The van der Waals surface area contributed by atoms with Gasteiger partial charge in [0, 0.05) is 5.09 Å². The Morgan fingerprint density at radius 3 is 2.27 bits per heavy atom. The molecule has 0 saturated heterocycles. The van der Waals surface area contributed by atoms with Gasteiger partial charge in [0.25, 0.3) is 0 Å². The highest BCUT2D eigenvalue weighted by Gasteiger charge is 2.06. The highest BCUT2D eigenvalue weighted by molar-refractivity contribution is 8.04. The monoisotopic (exact) mass is 194 g/mol. The van der Waals surface area contributed by atoms with Gasteiger partial charge in [-0.15, -0.1) is 4.21 Å². The van der Waals surface area contributed by atoms with Gasteiger partial charge < -0.3 is 17.4 Å². The quantitative estimate of drug-likeness (QED) is 0.387. The second-order valence-corrected chi connectivity index (χ2v) is 6.17. The van der Waals surface area contributed by atoms with Gasteiger partial charge in [-0.1, -0.05) is 0 Å². The van der Waals surface area contributed by atoms with E-state index in [1.807, 2.05) is 13.8 Å². The molecule has 0 atom stereocenters. The Kier molecular flexibility index (Phi) is 4.03. The van der Waals surface area contributed by atoms with Crippen LogP contribution < -0.4 is 0 Å². The molecule has 0 rings (SSSR count). The first-order chi connectivity index (χ1) is 4.81. The van der Waals surface area contributed by atoms with Crippen LogP contribution in [0.25, 0.3) is 0 Å². The minimum atomic E-state index is -1.91. The van der Waals surface area contributed by atoms with E-state index in [0.29, 0.717) is 5.09 Å². The molecule has 0 radical (unpaired) electrons. The van der Waals surface area contributed by atoms with Gasteiger partial charge in [0.1, 0.15) is 27.9 Å². The molecule has 0 saturated carbocycles. The third kappa shape index (κ3) is 7.81. The fraction of sp³-hybridized carbons (Fsp3) is 0.714. The van der Waals surface area contributed by atoms with E-state index < -0.39 is 9.93 Å². The molecule has 0 N–H and O–H groups in total. The number of hydrogen-bond donors (Lipinski definition) is 0. The first kappa shape index (κ1) is 10.9. The largest absolute Gasteiger partial charge is 0.738 e. The molecule has 11 heavy (non-hydrogen) atoms. The normalized spacial score (nSPS) is 13.7. The van der Waals surface area contributed by atoms with Gasteiger partial charge in [0.2, 0.25) is 0 Å². The van der Waals surface area contributed by atoms with E-state index in [4.69, 9.17) is 17.4 Å². The molecule has 4 heteroatoms. The summed E-state index contributed by atoms with van der Waals surface area (Å²) in [6, 6.07) is 0. The van der Waals surface area contributed by atoms with E-state index in [1.54, 1.807) is 12.5 Å². The standard InChI is InChI=1S/C7H14O2S2/c1-6(2)9-7(10)5-11(3,4)8/h5-6H,1-4H3. The fourth-order valence-corrected chi connectivity index (χ4v) is 1.90. The van der Waals surface area contributed by atoms with E-state index in [-0.39, 0.29) is 6.10 Å². The number of ether oxygens (including phenoxy) is 1. The van der Waals surface area contributed by atoms with Crippen LogP contribution in [0.2, 0.25) is 0 Å². The van der Waals surface area contributed by atoms with Crippen LogP contribution >= 0.6 is 0 Å². The second-order valence-electron chi connectivity index (χ2n) is 2.91. The van der Waals surface area contributed by atoms with E-state index in [9.17, 15) is 4.21 Å². The zero-order valence-corrected chi connectivity index (χ0v) is 8.92. The molecule has 0 amide bonds. The maximum atomic E-state index is 11.2. The summed E-state index contributed by atoms with van der Waals surface area (Å²) in [4.78, 5) is 0. The third-order valence-corrected chi connectivity index (χ3v) is 1.88. The Morgan fingerprint density at radius 2 is 2.00 bits per heavy atom. The Labute approximate surface area is 74.9 Å². The third-order valence-electron chi connectivity index (χ3n) is 0.732. The van der Waals surface area contributed by atoms with Crippen molar-refractivity contribution in [2.75, 3.05) is 12.5 Å². The van der Waals surface area contributed by atoms with Crippen molar-refractivity contribution in [3.63, 3.8) is 0 Å². The van der Waals surface area contributed by atoms with Crippen LogP contribution in [0.1, 0.15) is 13.8 Å². The lowest BCUT2D eigenvalue weighted by Crippen LogP contribution is -2.05. The van der Waals surface area contributed by atoms with Crippen molar-refractivity contribution in [3.8, 4) is 0 Å². The second kappa shape index (κ2) is 4.07. The van der Waals surface area contributed by atoms with Gasteiger partial charge in [-0.2, -0.15) is 0 Å². The van der Waals surface area contributed by atoms with Crippen LogP contribution in [0.3, 0.4) is 0 Å². The maximum absolute atomic E-state index is 11.2. The first-order valence-corrected chi connectivity index (χ1v) is 6.15. The summed E-state index contributed by atoms with van der Waals surface area (Å²) in [5.41, 5.74) is 0. The van der Waals surface area contributed by atoms with E-state index in [1.165, 1.54) is 5.41 Å². The summed E-state index contributed by atoms with van der Waals surface area (Å²) in [5, 5.41) is 1.82. The van der Waals surface area contributed by atoms with Gasteiger partial charge in [-0.25, -0.2) is 0 Å². The number of rotatable bonds is 3. The van der Waals surface area contributed by atoms with Crippen molar-refractivity contribution < 1.29 is 8.95 Å². The van der Waals surface area contributed by atoms with Crippen molar-refractivity contribution in [2.45, 2.75) is 20.0 Å². The minimum Gasteiger partial charge on any atom is -0.738 e. The summed E-state index contributed by atoms with van der Waals surface area (Å²) >= 11 is 4.82. The van der Waals surface area contributed by atoms with E-state index in [2.05, 4.69) is 0 Å². The summed E-state index contributed by atoms with van der Waals surface area (Å²) in [6.07, 6.45) is 3.31. The average Bonchev–Trinajstić information content (AvgIpc) is 1.53. The number of hydrogen-bond acceptors (Lipinski definition) is 3. The van der Waals surface area contributed by atoms with Crippen LogP contribution in [-0.4, -0.2) is 18.6 Å². The van der Waals surface area contributed by atoms with Gasteiger partial charge >= 0.3 is 0 Å². The first-order valence-electron chi connectivity index (χ1n) is 3.31. The maximum Gasteiger partial charge on any atom is 0.136 e. The molecule has 0 bridgehead atoms. The predicted molar refractivity (Wildman–Crippen MR) is 51.6 cm³/mol. The lowest BCUT2D eigenvalue weighted by atomic mass is 10.5. The van der Waals surface area contributed by atoms with Gasteiger partial charge in [0.05, 0.1) is 6.10 Å². The Hall–Kier alpha value is -0.0900. The van der Waals surface area contributed by atoms with Crippen LogP contribution in [-0.2, 0) is 31.5 Å². The topological polar surface area (TPSA) is 26.3 Å². The van der Waals surface area contributed by atoms with Crippen molar-refractivity contribution in [1.82, 2.24) is 0 Å². The summed E-state index contributed by atoms with van der Waals surface area (Å²) in [6.45, 7) is 3.76. The van der Waals surface area contributed by atoms with Crippen molar-refractivity contribution in [2.24, 2.45) is 0 Å². The molecule has 0 fully saturated rings. The van der Waals surface area contributed by atoms with Crippen LogP contribution in [0.5, 0.6) is 0 Å². The molecular formula is C7H14O2S2. The zero-order chi connectivity index (χ0) is 9.07. The molecule has 0 aliphatic heterocycles. The molecule has 0 aromatic rings. The molecule has 2 nitrogen and oxygen atoms in total. The summed E-state index contributed by atoms with van der Waals surface area (Å²) in [5.74, 6) is 0. The molecule has 0 aliphatic carbocycles. The van der Waals surface area contributed by atoms with Gasteiger partial charge in [-0.3, -0.25) is 0 Å². The predicted octanol–water partition coefficient (Wildman–Crippen LogP) is 1.52. The smallest absolute Gasteiger partial charge is 0.136 e. The van der Waals surface area contributed by atoms with Crippen LogP contribution in [0.4, 0.5) is 0 Å². The van der Waals surface area contributed by atoms with Crippen LogP contribution in [0, 0.1) is 0 Å². The molecular weight excluding hydrogens is 180 g/mol. The highest BCUT2D eigenvalue weighted by Crippen LogP contribution is 2.05. The molecule has 66 valence electrons.